The first kappa shape index (κ1) is 17.8. The van der Waals surface area contributed by atoms with Crippen molar-refractivity contribution >= 4 is 16.8 Å². The second kappa shape index (κ2) is 8.87. The topological polar surface area (TPSA) is 72.6 Å². The van der Waals surface area contributed by atoms with Gasteiger partial charge in [-0.3, -0.25) is 4.79 Å². The predicted molar refractivity (Wildman–Crippen MR) is 95.7 cm³/mol. The summed E-state index contributed by atoms with van der Waals surface area (Å²) in [6.45, 7) is 4.26. The van der Waals surface area contributed by atoms with Crippen molar-refractivity contribution in [2.24, 2.45) is 0 Å². The molecule has 3 rings (SSSR count). The Balaban J connectivity index is 1.50. The van der Waals surface area contributed by atoms with Gasteiger partial charge in [-0.05, 0) is 43.9 Å². The quantitative estimate of drug-likeness (QED) is 0.721. The molecule has 0 bridgehead atoms. The fraction of sp³-hybridized carbons (Fsp3) is 0.526. The Morgan fingerprint density at radius 2 is 2.32 bits per heavy atom. The fourth-order valence-electron chi connectivity index (χ4n) is 3.09. The van der Waals surface area contributed by atoms with E-state index < -0.39 is 0 Å². The van der Waals surface area contributed by atoms with Crippen LogP contribution in [0.1, 0.15) is 31.7 Å². The first-order chi connectivity index (χ1) is 12.3. The molecule has 2 heterocycles. The monoisotopic (exact) mass is 346 g/mol. The van der Waals surface area contributed by atoms with Gasteiger partial charge >= 0.3 is 0 Å². The molecule has 25 heavy (non-hydrogen) atoms. The summed E-state index contributed by atoms with van der Waals surface area (Å²) in [5, 5.41) is 3.88. The number of hydrogen-bond acceptors (Lipinski definition) is 4. The molecular weight excluding hydrogens is 320 g/mol. The lowest BCUT2D eigenvalue weighted by atomic mass is 10.1. The van der Waals surface area contributed by atoms with E-state index in [0.717, 1.165) is 48.1 Å². The highest BCUT2D eigenvalue weighted by atomic mass is 16.7. The Kier molecular flexibility index (Phi) is 6.30. The number of benzene rings is 1. The number of nitrogens with one attached hydrogen (secondary N) is 2. The number of carbonyl (C=O) groups excluding carboxylic acids is 1. The van der Waals surface area contributed by atoms with Crippen LogP contribution >= 0.6 is 0 Å². The molecule has 1 amide bonds. The molecule has 1 unspecified atom stereocenters. The van der Waals surface area contributed by atoms with Gasteiger partial charge in [-0.25, -0.2) is 0 Å². The zero-order valence-corrected chi connectivity index (χ0v) is 14.7. The maximum absolute atomic E-state index is 12.2. The molecule has 1 fully saturated rings. The summed E-state index contributed by atoms with van der Waals surface area (Å²) in [6.07, 6.45) is 5.24. The molecule has 0 spiro atoms. The Hall–Kier alpha value is -2.05. The Morgan fingerprint density at radius 3 is 3.12 bits per heavy atom. The minimum absolute atomic E-state index is 0.0274. The van der Waals surface area contributed by atoms with Crippen LogP contribution in [0.2, 0.25) is 0 Å². The number of H-pyrrole nitrogens is 1. The van der Waals surface area contributed by atoms with Gasteiger partial charge in [0.2, 0.25) is 5.91 Å². The Labute approximate surface area is 147 Å². The summed E-state index contributed by atoms with van der Waals surface area (Å²) in [7, 11) is 0. The highest BCUT2D eigenvalue weighted by Gasteiger charge is 2.15. The summed E-state index contributed by atoms with van der Waals surface area (Å²) < 4.78 is 16.8. The van der Waals surface area contributed by atoms with Crippen molar-refractivity contribution in [2.45, 2.75) is 38.9 Å². The van der Waals surface area contributed by atoms with Gasteiger partial charge in [0.05, 0.1) is 19.6 Å². The molecule has 0 radical (unpaired) electrons. The van der Waals surface area contributed by atoms with E-state index in [1.165, 1.54) is 0 Å². The van der Waals surface area contributed by atoms with Gasteiger partial charge in [0.25, 0.3) is 0 Å². The van der Waals surface area contributed by atoms with E-state index in [4.69, 9.17) is 14.2 Å². The van der Waals surface area contributed by atoms with Crippen molar-refractivity contribution in [3.8, 4) is 5.75 Å². The normalized spacial score (nSPS) is 17.6. The molecule has 2 N–H and O–H groups in total. The lowest BCUT2D eigenvalue weighted by molar-refractivity contribution is -0.161. The average Bonchev–Trinajstić information content (AvgIpc) is 3.04. The van der Waals surface area contributed by atoms with Crippen LogP contribution in [0.3, 0.4) is 0 Å². The third kappa shape index (κ3) is 4.74. The van der Waals surface area contributed by atoms with Crippen LogP contribution in [0.15, 0.2) is 24.4 Å². The van der Waals surface area contributed by atoms with E-state index in [2.05, 4.69) is 10.3 Å². The molecule has 0 saturated carbocycles. The van der Waals surface area contributed by atoms with Gasteiger partial charge in [0.1, 0.15) is 5.75 Å². The molecule has 2 aromatic rings. The summed E-state index contributed by atoms with van der Waals surface area (Å²) >= 11 is 0. The minimum atomic E-state index is -0.118. The van der Waals surface area contributed by atoms with Gasteiger partial charge in [-0.15, -0.1) is 0 Å². The summed E-state index contributed by atoms with van der Waals surface area (Å²) in [5.74, 6) is 0.780. The van der Waals surface area contributed by atoms with E-state index in [1.807, 2.05) is 31.3 Å². The highest BCUT2D eigenvalue weighted by Crippen LogP contribution is 2.29. The van der Waals surface area contributed by atoms with Crippen molar-refractivity contribution in [2.75, 3.05) is 26.4 Å². The first-order valence-corrected chi connectivity index (χ1v) is 8.99. The van der Waals surface area contributed by atoms with Crippen molar-refractivity contribution in [3.05, 3.63) is 30.0 Å². The van der Waals surface area contributed by atoms with E-state index >= 15 is 0 Å². The predicted octanol–water partition coefficient (Wildman–Crippen LogP) is 2.77. The molecule has 1 atom stereocenters. The molecule has 1 aromatic carbocycles. The molecule has 1 aliphatic heterocycles. The summed E-state index contributed by atoms with van der Waals surface area (Å²) in [5.41, 5.74) is 1.92. The largest absolute Gasteiger partial charge is 0.493 e. The van der Waals surface area contributed by atoms with Gasteiger partial charge < -0.3 is 24.5 Å². The number of amides is 1. The van der Waals surface area contributed by atoms with Crippen LogP contribution in [0.25, 0.3) is 10.9 Å². The molecule has 1 aromatic heterocycles. The van der Waals surface area contributed by atoms with Crippen molar-refractivity contribution in [1.82, 2.24) is 10.3 Å². The van der Waals surface area contributed by atoms with Crippen molar-refractivity contribution in [3.63, 3.8) is 0 Å². The van der Waals surface area contributed by atoms with E-state index in [1.54, 1.807) is 0 Å². The van der Waals surface area contributed by atoms with E-state index in [9.17, 15) is 4.79 Å². The molecule has 1 aliphatic rings. The third-order valence-electron chi connectivity index (χ3n) is 4.27. The number of hydrogen-bond donors (Lipinski definition) is 2. The Bertz CT molecular complexity index is 692. The van der Waals surface area contributed by atoms with Gasteiger partial charge in [0, 0.05) is 30.3 Å². The molecular formula is C19H26N2O4. The van der Waals surface area contributed by atoms with Crippen LogP contribution in [-0.2, 0) is 20.7 Å². The maximum atomic E-state index is 12.2. The van der Waals surface area contributed by atoms with E-state index in [-0.39, 0.29) is 12.2 Å². The summed E-state index contributed by atoms with van der Waals surface area (Å²) in [4.78, 5) is 15.4. The molecule has 0 aliphatic carbocycles. The third-order valence-corrected chi connectivity index (χ3v) is 4.27. The number of carbonyl (C=O) groups is 1. The van der Waals surface area contributed by atoms with Crippen molar-refractivity contribution < 1.29 is 19.0 Å². The SMILES string of the molecule is CCOc1cccc2[nH]cc(CC(=O)NCCOC3CCCCO3)c12. The van der Waals surface area contributed by atoms with Crippen LogP contribution in [0, 0.1) is 0 Å². The zero-order chi connectivity index (χ0) is 17.5. The number of ether oxygens (including phenoxy) is 3. The minimum Gasteiger partial charge on any atom is -0.493 e. The van der Waals surface area contributed by atoms with E-state index in [0.29, 0.717) is 26.2 Å². The second-order valence-corrected chi connectivity index (χ2v) is 6.12. The lowest BCUT2D eigenvalue weighted by Gasteiger charge is -2.22. The smallest absolute Gasteiger partial charge is 0.224 e. The number of aromatic amines is 1. The maximum Gasteiger partial charge on any atom is 0.224 e. The van der Waals surface area contributed by atoms with Crippen LogP contribution in [0.4, 0.5) is 0 Å². The lowest BCUT2D eigenvalue weighted by Crippen LogP contribution is -2.31. The fourth-order valence-corrected chi connectivity index (χ4v) is 3.09. The first-order valence-electron chi connectivity index (χ1n) is 8.99. The average molecular weight is 346 g/mol. The van der Waals surface area contributed by atoms with Crippen LogP contribution in [-0.4, -0.2) is 43.5 Å². The number of aromatic nitrogens is 1. The Morgan fingerprint density at radius 1 is 1.40 bits per heavy atom. The second-order valence-electron chi connectivity index (χ2n) is 6.12. The number of fused-ring (bicyclic) bond motifs is 1. The number of rotatable bonds is 8. The highest BCUT2D eigenvalue weighted by molar-refractivity contribution is 5.93. The molecule has 6 heteroatoms. The molecule has 136 valence electrons. The van der Waals surface area contributed by atoms with Crippen molar-refractivity contribution in [1.29, 1.82) is 0 Å². The van der Waals surface area contributed by atoms with Gasteiger partial charge in [-0.1, -0.05) is 6.07 Å². The standard InChI is InChI=1S/C19H26N2O4/c1-2-23-16-7-5-6-15-19(16)14(13-21-15)12-17(22)20-9-11-25-18-8-3-4-10-24-18/h5-7,13,18,21H,2-4,8-12H2,1H3,(H,20,22). The summed E-state index contributed by atoms with van der Waals surface area (Å²) in [6, 6.07) is 5.86. The van der Waals surface area contributed by atoms with Gasteiger partial charge in [0.15, 0.2) is 6.29 Å². The molecule has 6 nitrogen and oxygen atoms in total. The van der Waals surface area contributed by atoms with Crippen LogP contribution < -0.4 is 10.1 Å². The zero-order valence-electron chi connectivity index (χ0n) is 14.7. The van der Waals surface area contributed by atoms with Crippen LogP contribution in [0.5, 0.6) is 5.75 Å². The molecule has 1 saturated heterocycles. The van der Waals surface area contributed by atoms with Gasteiger partial charge in [-0.2, -0.15) is 0 Å².